The van der Waals surface area contributed by atoms with Gasteiger partial charge in [-0.15, -0.1) is 0 Å². The van der Waals surface area contributed by atoms with Crippen molar-refractivity contribution in [2.24, 2.45) is 11.8 Å². The van der Waals surface area contributed by atoms with Crippen molar-refractivity contribution < 1.29 is 43.0 Å². The molecule has 2 aromatic rings. The Balaban J connectivity index is 2.29. The second-order valence-corrected chi connectivity index (χ2v) is 8.08. The van der Waals surface area contributed by atoms with Crippen molar-refractivity contribution >= 4 is 0 Å². The number of ether oxygens (including phenoxy) is 8. The maximum atomic E-state index is 11.2. The molecule has 0 heterocycles. The lowest BCUT2D eigenvalue weighted by molar-refractivity contribution is -0.106. The minimum absolute atomic E-state index is 0.0986. The van der Waals surface area contributed by atoms with E-state index in [9.17, 15) is 5.11 Å². The molecule has 0 spiro atoms. The van der Waals surface area contributed by atoms with Gasteiger partial charge >= 0.3 is 0 Å². The lowest BCUT2D eigenvalue weighted by Crippen LogP contribution is -2.25. The molecule has 9 nitrogen and oxygen atoms in total. The average Bonchev–Trinajstić information content (AvgIpc) is 2.89. The Morgan fingerprint density at radius 3 is 1.60 bits per heavy atom. The highest BCUT2D eigenvalue weighted by Gasteiger charge is 2.31. The highest BCUT2D eigenvalue weighted by Crippen LogP contribution is 2.41. The van der Waals surface area contributed by atoms with Gasteiger partial charge in [0.25, 0.3) is 0 Å². The van der Waals surface area contributed by atoms with Gasteiger partial charge in [0.1, 0.15) is 6.79 Å². The average molecular weight is 495 g/mol. The molecular formula is C26H38O9. The van der Waals surface area contributed by atoms with Crippen molar-refractivity contribution in [3.05, 3.63) is 47.5 Å². The van der Waals surface area contributed by atoms with E-state index in [0.717, 1.165) is 5.56 Å². The summed E-state index contributed by atoms with van der Waals surface area (Å²) in [4.78, 5) is 0. The summed E-state index contributed by atoms with van der Waals surface area (Å²) in [7, 11) is 7.80. The zero-order valence-electron chi connectivity index (χ0n) is 21.6. The molecule has 0 aliphatic rings. The molecule has 0 aromatic heterocycles. The predicted octanol–water partition coefficient (Wildman–Crippen LogP) is 4.34. The standard InChI is InChI=1S/C26H38O9/c1-17(25(27)19-8-10-21(33-14-28-3)23(12-19)31-6)18(2)26(35-16-30-5)20-9-11-22(34-15-29-4)24(13-20)32-7/h8-13,17-18,25-27H,14-16H2,1-7H3/t17-,18-,25+,26-/m1/s1. The lowest BCUT2D eigenvalue weighted by atomic mass is 9.81. The van der Waals surface area contributed by atoms with Crippen LogP contribution in [0.15, 0.2) is 36.4 Å². The number of aliphatic hydroxyl groups is 1. The summed E-state index contributed by atoms with van der Waals surface area (Å²) < 4.78 is 43.2. The minimum Gasteiger partial charge on any atom is -0.493 e. The quantitative estimate of drug-likeness (QED) is 0.342. The minimum atomic E-state index is -0.782. The Morgan fingerprint density at radius 2 is 1.11 bits per heavy atom. The highest BCUT2D eigenvalue weighted by atomic mass is 16.7. The van der Waals surface area contributed by atoms with E-state index in [1.165, 1.54) is 0 Å². The second-order valence-electron chi connectivity index (χ2n) is 8.08. The summed E-state index contributed by atoms with van der Waals surface area (Å²) in [6.45, 7) is 4.32. The van der Waals surface area contributed by atoms with Crippen LogP contribution in [0.4, 0.5) is 0 Å². The van der Waals surface area contributed by atoms with E-state index in [1.807, 2.05) is 38.1 Å². The molecule has 0 radical (unpaired) electrons. The number of rotatable bonds is 16. The second kappa shape index (κ2) is 14.8. The fourth-order valence-electron chi connectivity index (χ4n) is 3.77. The number of aliphatic hydroxyl groups excluding tert-OH is 1. The van der Waals surface area contributed by atoms with Gasteiger partial charge in [-0.05, 0) is 47.2 Å². The van der Waals surface area contributed by atoms with Crippen molar-refractivity contribution in [1.82, 2.24) is 0 Å². The predicted molar refractivity (Wildman–Crippen MR) is 130 cm³/mol. The first kappa shape index (κ1) is 28.7. The maximum absolute atomic E-state index is 11.2. The van der Waals surface area contributed by atoms with E-state index < -0.39 is 6.10 Å². The third-order valence-corrected chi connectivity index (χ3v) is 5.88. The fourth-order valence-corrected chi connectivity index (χ4v) is 3.77. The van der Waals surface area contributed by atoms with E-state index in [4.69, 9.17) is 37.9 Å². The van der Waals surface area contributed by atoms with Crippen molar-refractivity contribution in [2.75, 3.05) is 55.9 Å². The van der Waals surface area contributed by atoms with E-state index in [0.29, 0.717) is 28.6 Å². The van der Waals surface area contributed by atoms with Gasteiger partial charge in [-0.25, -0.2) is 0 Å². The lowest BCUT2D eigenvalue weighted by Gasteiger charge is -2.32. The molecule has 9 heteroatoms. The van der Waals surface area contributed by atoms with E-state index >= 15 is 0 Å². The van der Waals surface area contributed by atoms with Gasteiger partial charge in [0.2, 0.25) is 0 Å². The summed E-state index contributed by atoms with van der Waals surface area (Å²) in [5, 5.41) is 11.2. The smallest absolute Gasteiger partial charge is 0.188 e. The SMILES string of the molecule is COCOc1ccc([C@@H](O)[C@H](C)[C@@H](C)[C@@H](OCOC)c2ccc(OCOC)c(OC)c2)cc1OC. The first-order chi connectivity index (χ1) is 16.9. The van der Waals surface area contributed by atoms with Crippen molar-refractivity contribution in [3.8, 4) is 23.0 Å². The number of benzene rings is 2. The summed E-state index contributed by atoms with van der Waals surface area (Å²) in [6.07, 6.45) is -1.16. The van der Waals surface area contributed by atoms with E-state index in [-0.39, 0.29) is 38.3 Å². The van der Waals surface area contributed by atoms with Gasteiger partial charge in [0, 0.05) is 21.3 Å². The Labute approximate surface area is 207 Å². The third kappa shape index (κ3) is 7.71. The molecule has 0 aliphatic heterocycles. The molecule has 0 aliphatic carbocycles. The molecule has 1 N–H and O–H groups in total. The number of hydrogen-bond acceptors (Lipinski definition) is 9. The summed E-state index contributed by atoms with van der Waals surface area (Å²) in [5.41, 5.74) is 1.58. The van der Waals surface area contributed by atoms with Gasteiger partial charge in [-0.2, -0.15) is 0 Å². The van der Waals surface area contributed by atoms with Crippen molar-refractivity contribution in [1.29, 1.82) is 0 Å². The monoisotopic (exact) mass is 494 g/mol. The molecular weight excluding hydrogens is 456 g/mol. The molecule has 0 bridgehead atoms. The highest BCUT2D eigenvalue weighted by molar-refractivity contribution is 5.45. The van der Waals surface area contributed by atoms with Crippen molar-refractivity contribution in [2.45, 2.75) is 26.1 Å². The zero-order chi connectivity index (χ0) is 25.8. The molecule has 0 unspecified atom stereocenters. The molecule has 0 saturated heterocycles. The van der Waals surface area contributed by atoms with Crippen LogP contribution in [0.3, 0.4) is 0 Å². The van der Waals surface area contributed by atoms with Crippen LogP contribution in [-0.4, -0.2) is 61.0 Å². The van der Waals surface area contributed by atoms with Crippen LogP contribution in [0.1, 0.15) is 37.2 Å². The normalized spacial score (nSPS) is 14.6. The molecule has 2 rings (SSSR count). The van der Waals surface area contributed by atoms with Crippen LogP contribution >= 0.6 is 0 Å². The third-order valence-electron chi connectivity index (χ3n) is 5.88. The van der Waals surface area contributed by atoms with Gasteiger partial charge < -0.3 is 43.0 Å². The topological polar surface area (TPSA) is 94.1 Å². The molecule has 0 amide bonds. The Kier molecular flexibility index (Phi) is 12.1. The molecule has 2 aromatic carbocycles. The largest absolute Gasteiger partial charge is 0.493 e. The van der Waals surface area contributed by atoms with Gasteiger partial charge in [0.05, 0.1) is 26.4 Å². The van der Waals surface area contributed by atoms with E-state index in [1.54, 1.807) is 47.7 Å². The van der Waals surface area contributed by atoms with Crippen LogP contribution in [0.5, 0.6) is 23.0 Å². The molecule has 35 heavy (non-hydrogen) atoms. The van der Waals surface area contributed by atoms with Crippen LogP contribution in [0.2, 0.25) is 0 Å². The Morgan fingerprint density at radius 1 is 0.629 bits per heavy atom. The summed E-state index contributed by atoms with van der Waals surface area (Å²) in [6, 6.07) is 10.9. The fraction of sp³-hybridized carbons (Fsp3) is 0.538. The first-order valence-electron chi connectivity index (χ1n) is 11.3. The van der Waals surface area contributed by atoms with E-state index in [2.05, 4.69) is 0 Å². The van der Waals surface area contributed by atoms with Crippen molar-refractivity contribution in [3.63, 3.8) is 0 Å². The van der Waals surface area contributed by atoms with Crippen LogP contribution in [0, 0.1) is 11.8 Å². The summed E-state index contributed by atoms with van der Waals surface area (Å²) >= 11 is 0. The summed E-state index contributed by atoms with van der Waals surface area (Å²) in [5.74, 6) is 1.88. The molecule has 196 valence electrons. The Bertz CT molecular complexity index is 889. The number of hydrogen-bond donors (Lipinski definition) is 1. The van der Waals surface area contributed by atoms with Crippen LogP contribution in [0.25, 0.3) is 0 Å². The zero-order valence-corrected chi connectivity index (χ0v) is 21.6. The molecule has 0 saturated carbocycles. The first-order valence-corrected chi connectivity index (χ1v) is 11.3. The van der Waals surface area contributed by atoms with Crippen LogP contribution < -0.4 is 18.9 Å². The maximum Gasteiger partial charge on any atom is 0.188 e. The van der Waals surface area contributed by atoms with Crippen LogP contribution in [-0.2, 0) is 18.9 Å². The van der Waals surface area contributed by atoms with Gasteiger partial charge in [-0.3, -0.25) is 0 Å². The molecule has 0 fully saturated rings. The molecule has 4 atom stereocenters. The van der Waals surface area contributed by atoms with Gasteiger partial charge in [-0.1, -0.05) is 26.0 Å². The Hall–Kier alpha value is -2.56. The van der Waals surface area contributed by atoms with Gasteiger partial charge in [0.15, 0.2) is 36.6 Å². The number of methoxy groups -OCH3 is 5.